The van der Waals surface area contributed by atoms with E-state index in [0.29, 0.717) is 5.82 Å². The molecule has 0 aliphatic heterocycles. The van der Waals surface area contributed by atoms with Crippen LogP contribution in [0.15, 0.2) is 12.3 Å². The molecule has 4 N–H and O–H groups in total. The highest BCUT2D eigenvalue weighted by Crippen LogP contribution is 2.07. The van der Waals surface area contributed by atoms with E-state index in [4.69, 9.17) is 5.11 Å². The third kappa shape index (κ3) is 4.83. The lowest BCUT2D eigenvalue weighted by Gasteiger charge is -2.21. The average Bonchev–Trinajstić information content (AvgIpc) is 2.59. The number of carboxylic acids is 1. The van der Waals surface area contributed by atoms with Gasteiger partial charge in [0.1, 0.15) is 0 Å². The molecule has 0 radical (unpaired) electrons. The minimum Gasteiger partial charge on any atom is -0.481 e. The van der Waals surface area contributed by atoms with Crippen LogP contribution in [0.2, 0.25) is 0 Å². The Morgan fingerprint density at radius 2 is 2.22 bits per heavy atom. The van der Waals surface area contributed by atoms with Crippen LogP contribution in [0.1, 0.15) is 13.3 Å². The molecule has 1 heterocycles. The van der Waals surface area contributed by atoms with Crippen molar-refractivity contribution < 1.29 is 19.8 Å². The van der Waals surface area contributed by atoms with Crippen molar-refractivity contribution in [3.63, 3.8) is 0 Å². The van der Waals surface area contributed by atoms with Crippen LogP contribution in [-0.2, 0) is 11.8 Å². The first-order valence-corrected chi connectivity index (χ1v) is 5.27. The van der Waals surface area contributed by atoms with Gasteiger partial charge in [0.2, 0.25) is 0 Å². The molecule has 1 rings (SSSR count). The van der Waals surface area contributed by atoms with E-state index in [-0.39, 0.29) is 6.54 Å². The van der Waals surface area contributed by atoms with Gasteiger partial charge in [-0.05, 0) is 6.92 Å². The van der Waals surface area contributed by atoms with Gasteiger partial charge in [0.15, 0.2) is 5.82 Å². The molecular weight excluding hydrogens is 240 g/mol. The first-order chi connectivity index (χ1) is 8.28. The zero-order chi connectivity index (χ0) is 13.8. The van der Waals surface area contributed by atoms with Gasteiger partial charge < -0.3 is 15.5 Å². The summed E-state index contributed by atoms with van der Waals surface area (Å²) < 4.78 is 1.52. The van der Waals surface area contributed by atoms with Gasteiger partial charge >= 0.3 is 12.0 Å². The van der Waals surface area contributed by atoms with Crippen LogP contribution in [0.5, 0.6) is 0 Å². The Kier molecular flexibility index (Phi) is 4.27. The van der Waals surface area contributed by atoms with Crippen molar-refractivity contribution in [1.29, 1.82) is 0 Å². The fourth-order valence-corrected chi connectivity index (χ4v) is 1.30. The predicted molar refractivity (Wildman–Crippen MR) is 63.1 cm³/mol. The summed E-state index contributed by atoms with van der Waals surface area (Å²) in [5.41, 5.74) is -1.49. The quantitative estimate of drug-likeness (QED) is 0.580. The van der Waals surface area contributed by atoms with E-state index >= 15 is 0 Å². The van der Waals surface area contributed by atoms with Crippen molar-refractivity contribution in [2.24, 2.45) is 7.05 Å². The van der Waals surface area contributed by atoms with Crippen molar-refractivity contribution in [2.75, 3.05) is 11.9 Å². The maximum Gasteiger partial charge on any atom is 0.320 e. The Bertz CT molecular complexity index is 441. The van der Waals surface area contributed by atoms with Crippen LogP contribution in [0.4, 0.5) is 10.6 Å². The standard InChI is InChI=1S/C10H16N4O4/c1-10(18,5-8(15)16)6-11-9(17)12-7-3-4-14(2)13-7/h3-4,18H,5-6H2,1-2H3,(H,15,16)(H2,11,12,13,17). The third-order valence-electron chi connectivity index (χ3n) is 2.12. The Morgan fingerprint density at radius 1 is 1.56 bits per heavy atom. The maximum atomic E-state index is 11.4. The fraction of sp³-hybridized carbons (Fsp3) is 0.500. The number of hydrogen-bond donors (Lipinski definition) is 4. The Balaban J connectivity index is 2.39. The van der Waals surface area contributed by atoms with Crippen molar-refractivity contribution in [3.05, 3.63) is 12.3 Å². The Morgan fingerprint density at radius 3 is 2.72 bits per heavy atom. The molecule has 0 aliphatic carbocycles. The molecule has 0 aliphatic rings. The summed E-state index contributed by atoms with van der Waals surface area (Å²) in [6.07, 6.45) is 1.22. The lowest BCUT2D eigenvalue weighted by atomic mass is 10.0. The molecule has 1 unspecified atom stereocenters. The topological polar surface area (TPSA) is 116 Å². The second-order valence-corrected chi connectivity index (χ2v) is 4.25. The molecule has 18 heavy (non-hydrogen) atoms. The maximum absolute atomic E-state index is 11.4. The zero-order valence-corrected chi connectivity index (χ0v) is 10.2. The lowest BCUT2D eigenvalue weighted by Crippen LogP contribution is -2.43. The largest absolute Gasteiger partial charge is 0.481 e. The normalized spacial score (nSPS) is 13.7. The molecule has 0 fully saturated rings. The van der Waals surface area contributed by atoms with Crippen LogP contribution in [0.25, 0.3) is 0 Å². The highest BCUT2D eigenvalue weighted by Gasteiger charge is 2.24. The van der Waals surface area contributed by atoms with E-state index in [2.05, 4.69) is 15.7 Å². The number of urea groups is 1. The van der Waals surface area contributed by atoms with Gasteiger partial charge in [-0.15, -0.1) is 0 Å². The highest BCUT2D eigenvalue weighted by atomic mass is 16.4. The summed E-state index contributed by atoms with van der Waals surface area (Å²) in [7, 11) is 1.71. The summed E-state index contributed by atoms with van der Waals surface area (Å²) in [5, 5.41) is 27.0. The molecule has 0 spiro atoms. The van der Waals surface area contributed by atoms with Gasteiger partial charge in [0.25, 0.3) is 0 Å². The van der Waals surface area contributed by atoms with E-state index in [1.165, 1.54) is 11.6 Å². The first kappa shape index (κ1) is 14.0. The third-order valence-corrected chi connectivity index (χ3v) is 2.12. The number of hydrogen-bond acceptors (Lipinski definition) is 4. The molecule has 1 atom stereocenters. The number of aryl methyl sites for hydroxylation is 1. The molecule has 0 aromatic carbocycles. The number of aliphatic carboxylic acids is 1. The molecule has 1 aromatic rings. The number of nitrogens with one attached hydrogen (secondary N) is 2. The Labute approximate surface area is 104 Å². The minimum atomic E-state index is -1.49. The van der Waals surface area contributed by atoms with Crippen LogP contribution in [0.3, 0.4) is 0 Å². The summed E-state index contributed by atoms with van der Waals surface area (Å²) >= 11 is 0. The second-order valence-electron chi connectivity index (χ2n) is 4.25. The summed E-state index contributed by atoms with van der Waals surface area (Å²) in [5.74, 6) is -0.764. The predicted octanol–water partition coefficient (Wildman–Crippen LogP) is -0.233. The van der Waals surface area contributed by atoms with Gasteiger partial charge in [-0.1, -0.05) is 0 Å². The minimum absolute atomic E-state index is 0.169. The summed E-state index contributed by atoms with van der Waals surface area (Å²) in [6.45, 7) is 1.17. The smallest absolute Gasteiger partial charge is 0.320 e. The molecule has 2 amide bonds. The van der Waals surface area contributed by atoms with Crippen molar-refractivity contribution >= 4 is 17.8 Å². The number of carbonyl (C=O) groups excluding carboxylic acids is 1. The van der Waals surface area contributed by atoms with Gasteiger partial charge in [0.05, 0.1) is 12.0 Å². The van der Waals surface area contributed by atoms with E-state index in [9.17, 15) is 14.7 Å². The van der Waals surface area contributed by atoms with Gasteiger partial charge in [-0.25, -0.2) is 4.79 Å². The molecule has 8 nitrogen and oxygen atoms in total. The monoisotopic (exact) mass is 256 g/mol. The van der Waals surface area contributed by atoms with Crippen LogP contribution >= 0.6 is 0 Å². The van der Waals surface area contributed by atoms with E-state index in [1.807, 2.05) is 0 Å². The second kappa shape index (κ2) is 5.50. The Hall–Kier alpha value is -2.09. The van der Waals surface area contributed by atoms with Crippen LogP contribution in [-0.4, -0.2) is 44.1 Å². The number of nitrogens with zero attached hydrogens (tertiary/aromatic N) is 2. The molecule has 100 valence electrons. The summed E-state index contributed by atoms with van der Waals surface area (Å²) in [6, 6.07) is 1.05. The molecular formula is C10H16N4O4. The first-order valence-electron chi connectivity index (χ1n) is 5.27. The molecule has 8 heteroatoms. The number of amides is 2. The zero-order valence-electron chi connectivity index (χ0n) is 10.2. The van der Waals surface area contributed by atoms with Crippen molar-refractivity contribution in [3.8, 4) is 0 Å². The van der Waals surface area contributed by atoms with E-state index < -0.39 is 24.0 Å². The van der Waals surface area contributed by atoms with Gasteiger partial charge in [-0.2, -0.15) is 5.10 Å². The number of anilines is 1. The van der Waals surface area contributed by atoms with E-state index in [1.54, 1.807) is 19.3 Å². The highest BCUT2D eigenvalue weighted by molar-refractivity contribution is 5.88. The molecule has 0 saturated carbocycles. The number of carboxylic acid groups (broad SMARTS) is 1. The number of aromatic nitrogens is 2. The van der Waals surface area contributed by atoms with Crippen LogP contribution in [0, 0.1) is 0 Å². The summed E-state index contributed by atoms with van der Waals surface area (Å²) in [4.78, 5) is 21.9. The average molecular weight is 256 g/mol. The van der Waals surface area contributed by atoms with Crippen molar-refractivity contribution in [1.82, 2.24) is 15.1 Å². The molecule has 0 bridgehead atoms. The lowest BCUT2D eigenvalue weighted by molar-refractivity contribution is -0.141. The van der Waals surface area contributed by atoms with E-state index in [0.717, 1.165) is 0 Å². The van der Waals surface area contributed by atoms with Gasteiger partial charge in [-0.3, -0.25) is 14.8 Å². The van der Waals surface area contributed by atoms with Gasteiger partial charge in [0, 0.05) is 25.9 Å². The molecule has 1 aromatic heterocycles. The fourth-order valence-electron chi connectivity index (χ4n) is 1.30. The number of carbonyl (C=O) groups is 2. The van der Waals surface area contributed by atoms with Crippen LogP contribution < -0.4 is 10.6 Å². The number of aliphatic hydroxyl groups is 1. The van der Waals surface area contributed by atoms with Crippen molar-refractivity contribution in [2.45, 2.75) is 18.9 Å². The molecule has 0 saturated heterocycles. The SMILES string of the molecule is Cn1ccc(NC(=O)NCC(C)(O)CC(=O)O)n1. The number of rotatable bonds is 5.